The lowest BCUT2D eigenvalue weighted by molar-refractivity contribution is 0.0796. The van der Waals surface area contributed by atoms with E-state index >= 15 is 0 Å². The summed E-state index contributed by atoms with van der Waals surface area (Å²) < 4.78 is 35.1. The molecule has 0 saturated carbocycles. The van der Waals surface area contributed by atoms with Gasteiger partial charge in [-0.05, 0) is 12.1 Å². The molecule has 0 aromatic carbocycles. The minimum Gasteiger partial charge on any atom is -0.472 e. The van der Waals surface area contributed by atoms with E-state index in [0.717, 1.165) is 41.3 Å². The number of pyridine rings is 2. The quantitative estimate of drug-likeness (QED) is 0.819. The van der Waals surface area contributed by atoms with Crippen LogP contribution in [-0.4, -0.2) is 55.0 Å². The second-order valence-corrected chi connectivity index (χ2v) is 6.05. The highest BCUT2D eigenvalue weighted by molar-refractivity contribution is 6.15. The van der Waals surface area contributed by atoms with E-state index in [4.69, 9.17) is 9.47 Å². The van der Waals surface area contributed by atoms with Crippen LogP contribution in [0, 0.1) is 0 Å². The second-order valence-electron chi connectivity index (χ2n) is 6.05. The SMILES string of the molecule is FC(F)COc1cc2c(cn1)CN=C2c1ccnc(N2CCOCC2)c1. The molecule has 2 aromatic rings. The first kappa shape index (κ1) is 16.8. The summed E-state index contributed by atoms with van der Waals surface area (Å²) >= 11 is 0. The van der Waals surface area contributed by atoms with E-state index < -0.39 is 13.0 Å². The predicted octanol–water partition coefficient (Wildman–Crippen LogP) is 2.31. The smallest absolute Gasteiger partial charge is 0.272 e. The highest BCUT2D eigenvalue weighted by Crippen LogP contribution is 2.27. The van der Waals surface area contributed by atoms with Crippen LogP contribution in [0.25, 0.3) is 0 Å². The maximum absolute atomic E-state index is 12.4. The second kappa shape index (κ2) is 7.33. The van der Waals surface area contributed by atoms with Gasteiger partial charge in [-0.25, -0.2) is 18.7 Å². The minimum atomic E-state index is -2.53. The topological polar surface area (TPSA) is 59.8 Å². The van der Waals surface area contributed by atoms with E-state index in [9.17, 15) is 8.78 Å². The highest BCUT2D eigenvalue weighted by atomic mass is 19.3. The summed E-state index contributed by atoms with van der Waals surface area (Å²) in [6.07, 6.45) is 0.863. The zero-order valence-corrected chi connectivity index (χ0v) is 14.1. The number of halogens is 2. The maximum Gasteiger partial charge on any atom is 0.272 e. The molecule has 2 aliphatic heterocycles. The van der Waals surface area contributed by atoms with Gasteiger partial charge < -0.3 is 14.4 Å². The van der Waals surface area contributed by atoms with E-state index in [1.807, 2.05) is 12.1 Å². The van der Waals surface area contributed by atoms with E-state index in [2.05, 4.69) is 19.9 Å². The number of alkyl halides is 2. The minimum absolute atomic E-state index is 0.182. The number of ether oxygens (including phenoxy) is 2. The van der Waals surface area contributed by atoms with Gasteiger partial charge in [-0.1, -0.05) is 0 Å². The van der Waals surface area contributed by atoms with Crippen molar-refractivity contribution in [1.29, 1.82) is 0 Å². The molecule has 0 bridgehead atoms. The summed E-state index contributed by atoms with van der Waals surface area (Å²) in [5.41, 5.74) is 3.56. The molecular weight excluding hydrogens is 342 g/mol. The van der Waals surface area contributed by atoms with E-state index in [0.29, 0.717) is 19.8 Å². The third-order valence-electron chi connectivity index (χ3n) is 4.34. The van der Waals surface area contributed by atoms with Crippen molar-refractivity contribution in [2.45, 2.75) is 13.0 Å². The zero-order chi connectivity index (χ0) is 17.9. The molecule has 2 aromatic heterocycles. The number of rotatable bonds is 5. The first-order valence-electron chi connectivity index (χ1n) is 8.44. The third kappa shape index (κ3) is 3.50. The number of fused-ring (bicyclic) bond motifs is 1. The van der Waals surface area contributed by atoms with E-state index in [-0.39, 0.29) is 5.88 Å². The van der Waals surface area contributed by atoms with E-state index in [1.54, 1.807) is 18.5 Å². The first-order valence-corrected chi connectivity index (χ1v) is 8.44. The average Bonchev–Trinajstić information content (AvgIpc) is 3.10. The molecule has 0 atom stereocenters. The summed E-state index contributed by atoms with van der Waals surface area (Å²) in [6, 6.07) is 5.58. The Morgan fingerprint density at radius 3 is 2.85 bits per heavy atom. The molecule has 0 radical (unpaired) electrons. The van der Waals surface area contributed by atoms with Gasteiger partial charge in [-0.15, -0.1) is 0 Å². The van der Waals surface area contributed by atoms with Crippen molar-refractivity contribution in [1.82, 2.24) is 9.97 Å². The van der Waals surface area contributed by atoms with Crippen molar-refractivity contribution < 1.29 is 18.3 Å². The Kier molecular flexibility index (Phi) is 4.75. The molecule has 0 unspecified atom stereocenters. The van der Waals surface area contributed by atoms with Gasteiger partial charge in [-0.3, -0.25) is 4.99 Å². The number of hydrogen-bond donors (Lipinski definition) is 0. The Labute approximate surface area is 149 Å². The van der Waals surface area contributed by atoms with Gasteiger partial charge in [0.2, 0.25) is 5.88 Å². The number of anilines is 1. The standard InChI is InChI=1S/C18H18F2N4O2/c19-15(20)11-26-17-8-14-13(9-22-17)10-23-18(14)12-1-2-21-16(7-12)24-3-5-25-6-4-24/h1-2,7-9,15H,3-6,10-11H2. The molecule has 4 heterocycles. The fourth-order valence-corrected chi connectivity index (χ4v) is 3.07. The van der Waals surface area contributed by atoms with Crippen molar-refractivity contribution in [3.05, 3.63) is 47.3 Å². The van der Waals surface area contributed by atoms with E-state index in [1.165, 1.54) is 0 Å². The Morgan fingerprint density at radius 1 is 1.19 bits per heavy atom. The molecule has 0 N–H and O–H groups in total. The van der Waals surface area contributed by atoms with Crippen LogP contribution in [0.15, 0.2) is 35.6 Å². The molecule has 0 aliphatic carbocycles. The van der Waals surface area contributed by atoms with Gasteiger partial charge >= 0.3 is 0 Å². The summed E-state index contributed by atoms with van der Waals surface area (Å²) in [5.74, 6) is 1.06. The van der Waals surface area contributed by atoms with Gasteiger partial charge in [0, 0.05) is 48.2 Å². The van der Waals surface area contributed by atoms with Gasteiger partial charge in [0.1, 0.15) is 5.82 Å². The molecule has 0 amide bonds. The molecule has 6 nitrogen and oxygen atoms in total. The number of hydrogen-bond acceptors (Lipinski definition) is 6. The van der Waals surface area contributed by atoms with Crippen LogP contribution in [0.1, 0.15) is 16.7 Å². The molecule has 0 spiro atoms. The summed E-state index contributed by atoms with van der Waals surface area (Å²) in [5, 5.41) is 0. The van der Waals surface area contributed by atoms with Crippen molar-refractivity contribution >= 4 is 11.5 Å². The van der Waals surface area contributed by atoms with Crippen molar-refractivity contribution in [2.24, 2.45) is 4.99 Å². The van der Waals surface area contributed by atoms with Gasteiger partial charge in [0.15, 0.2) is 6.61 Å². The fourth-order valence-electron chi connectivity index (χ4n) is 3.07. The van der Waals surface area contributed by atoms with Crippen LogP contribution in [0.4, 0.5) is 14.6 Å². The Balaban J connectivity index is 1.59. The van der Waals surface area contributed by atoms with Crippen LogP contribution in [0.3, 0.4) is 0 Å². The zero-order valence-electron chi connectivity index (χ0n) is 14.1. The van der Waals surface area contributed by atoms with Crippen molar-refractivity contribution in [2.75, 3.05) is 37.8 Å². The molecule has 2 aliphatic rings. The lowest BCUT2D eigenvalue weighted by Gasteiger charge is -2.28. The van der Waals surface area contributed by atoms with Crippen molar-refractivity contribution in [3.8, 4) is 5.88 Å². The Hall–Kier alpha value is -2.61. The predicted molar refractivity (Wildman–Crippen MR) is 92.3 cm³/mol. The first-order chi connectivity index (χ1) is 12.7. The molecule has 136 valence electrons. The lowest BCUT2D eigenvalue weighted by atomic mass is 10.0. The molecule has 4 rings (SSSR count). The molecular formula is C18H18F2N4O2. The van der Waals surface area contributed by atoms with Gasteiger partial charge in [0.05, 0.1) is 25.5 Å². The number of aliphatic imine (C=N–C) groups is 1. The summed E-state index contributed by atoms with van der Waals surface area (Å²) in [7, 11) is 0. The summed E-state index contributed by atoms with van der Waals surface area (Å²) in [4.78, 5) is 15.3. The van der Waals surface area contributed by atoms with Gasteiger partial charge in [-0.2, -0.15) is 0 Å². The highest BCUT2D eigenvalue weighted by Gasteiger charge is 2.21. The van der Waals surface area contributed by atoms with Crippen LogP contribution in [0.5, 0.6) is 5.88 Å². The Bertz CT molecular complexity index is 823. The van der Waals surface area contributed by atoms with Crippen molar-refractivity contribution in [3.63, 3.8) is 0 Å². The van der Waals surface area contributed by atoms with Gasteiger partial charge in [0.25, 0.3) is 6.43 Å². The van der Waals surface area contributed by atoms with Crippen LogP contribution in [0.2, 0.25) is 0 Å². The van der Waals surface area contributed by atoms with Crippen LogP contribution < -0.4 is 9.64 Å². The molecule has 1 fully saturated rings. The van der Waals surface area contributed by atoms with Crippen LogP contribution >= 0.6 is 0 Å². The number of nitrogens with zero attached hydrogens (tertiary/aromatic N) is 4. The number of aromatic nitrogens is 2. The van der Waals surface area contributed by atoms with Crippen LogP contribution in [-0.2, 0) is 11.3 Å². The lowest BCUT2D eigenvalue weighted by Crippen LogP contribution is -2.36. The largest absolute Gasteiger partial charge is 0.472 e. The number of morpholine rings is 1. The molecule has 1 saturated heterocycles. The fraction of sp³-hybridized carbons (Fsp3) is 0.389. The molecule has 8 heteroatoms. The normalized spacial score (nSPS) is 16.6. The third-order valence-corrected chi connectivity index (χ3v) is 4.34. The Morgan fingerprint density at radius 2 is 2.04 bits per heavy atom. The monoisotopic (exact) mass is 360 g/mol. The summed E-state index contributed by atoms with van der Waals surface area (Å²) in [6.45, 7) is 2.82. The molecule has 26 heavy (non-hydrogen) atoms. The average molecular weight is 360 g/mol. The maximum atomic E-state index is 12.4.